The van der Waals surface area contributed by atoms with E-state index in [9.17, 15) is 39.6 Å². The van der Waals surface area contributed by atoms with Crippen LogP contribution < -0.4 is 4.72 Å². The van der Waals surface area contributed by atoms with E-state index >= 15 is 0 Å². The van der Waals surface area contributed by atoms with Gasteiger partial charge in [-0.3, -0.25) is 0 Å². The van der Waals surface area contributed by atoms with Crippen molar-refractivity contribution in [2.24, 2.45) is 5.92 Å². The molecule has 0 aromatic heterocycles. The van der Waals surface area contributed by atoms with Crippen LogP contribution in [0.2, 0.25) is 0 Å². The molecule has 13 heteroatoms. The van der Waals surface area contributed by atoms with Crippen molar-refractivity contribution in [2.45, 2.75) is 43.1 Å². The molecular weight excluding hydrogens is 442 g/mol. The number of benzene rings is 1. The summed E-state index contributed by atoms with van der Waals surface area (Å²) in [6, 6.07) is 6.14. The number of carbonyl (C=O) groups excluding carboxylic acids is 1. The number of ether oxygens (including phenoxy) is 1. The third-order valence-electron chi connectivity index (χ3n) is 4.58. The fourth-order valence-corrected chi connectivity index (χ4v) is 3.96. The first-order chi connectivity index (χ1) is 13.7. The Morgan fingerprint density at radius 1 is 1.10 bits per heavy atom. The number of piperidine rings is 1. The normalized spacial score (nSPS) is 16.7. The second-order valence-electron chi connectivity index (χ2n) is 6.94. The molecule has 1 aromatic carbocycles. The van der Waals surface area contributed by atoms with E-state index < -0.39 is 34.6 Å². The summed E-state index contributed by atoms with van der Waals surface area (Å²) in [5, 5.41) is 0. The van der Waals surface area contributed by atoms with E-state index in [4.69, 9.17) is 0 Å². The Hall–Kier alpha value is -2.02. The molecule has 0 atom stereocenters. The largest absolute Gasteiger partial charge is 0.434 e. The maximum atomic E-state index is 12.5. The molecule has 1 aromatic rings. The summed E-state index contributed by atoms with van der Waals surface area (Å²) in [4.78, 5) is 12.5. The van der Waals surface area contributed by atoms with Gasteiger partial charge >= 0.3 is 18.4 Å². The molecule has 0 radical (unpaired) electrons. The van der Waals surface area contributed by atoms with Gasteiger partial charge < -0.3 is 9.64 Å². The fraction of sp³-hybridized carbons (Fsp3) is 0.588. The number of rotatable bonds is 5. The molecule has 0 unspecified atom stereocenters. The fourth-order valence-electron chi connectivity index (χ4n) is 2.84. The van der Waals surface area contributed by atoms with Crippen LogP contribution in [-0.4, -0.2) is 57.5 Å². The maximum Gasteiger partial charge on any atom is 0.434 e. The lowest BCUT2D eigenvalue weighted by molar-refractivity contribution is -0.308. The van der Waals surface area contributed by atoms with Crippen molar-refractivity contribution >= 4 is 16.1 Å². The highest BCUT2D eigenvalue weighted by atomic mass is 32.2. The minimum atomic E-state index is -5.78. The Morgan fingerprint density at radius 2 is 1.60 bits per heavy atom. The van der Waals surface area contributed by atoms with Gasteiger partial charge in [-0.15, -0.1) is 0 Å². The molecule has 0 spiro atoms. The highest BCUT2D eigenvalue weighted by Gasteiger charge is 2.60. The molecule has 170 valence electrons. The number of hydrogen-bond acceptors (Lipinski definition) is 4. The predicted molar refractivity (Wildman–Crippen MR) is 93.0 cm³/mol. The van der Waals surface area contributed by atoms with Crippen molar-refractivity contribution < 1.29 is 44.3 Å². The number of carbonyl (C=O) groups is 1. The summed E-state index contributed by atoms with van der Waals surface area (Å²) in [6.45, 7) is 1.51. The zero-order chi connectivity index (χ0) is 22.7. The third kappa shape index (κ3) is 6.49. The third-order valence-corrected chi connectivity index (χ3v) is 6.02. The lowest BCUT2D eigenvalue weighted by Gasteiger charge is -2.33. The number of nitrogens with zero attached hydrogens (tertiary/aromatic N) is 1. The first kappa shape index (κ1) is 24.3. The molecule has 2 rings (SSSR count). The van der Waals surface area contributed by atoms with Crippen molar-refractivity contribution in [2.75, 3.05) is 19.6 Å². The van der Waals surface area contributed by atoms with Crippen molar-refractivity contribution in [3.8, 4) is 0 Å². The average molecular weight is 462 g/mol. The SMILES string of the molecule is Cc1ccc(S(=O)(=O)NCC2CCN(C(=O)OC(C(F)(F)F)C(F)(F)F)CC2)cc1. The van der Waals surface area contributed by atoms with Gasteiger partial charge in [0, 0.05) is 19.6 Å². The molecule has 0 bridgehead atoms. The molecule has 1 heterocycles. The zero-order valence-corrected chi connectivity index (χ0v) is 16.6. The second kappa shape index (κ2) is 9.00. The number of alkyl halides is 6. The van der Waals surface area contributed by atoms with Gasteiger partial charge in [-0.25, -0.2) is 17.9 Å². The van der Waals surface area contributed by atoms with Crippen molar-refractivity contribution in [3.63, 3.8) is 0 Å². The molecule has 1 aliphatic heterocycles. The summed E-state index contributed by atoms with van der Waals surface area (Å²) in [7, 11) is -3.76. The van der Waals surface area contributed by atoms with Crippen LogP contribution in [0.15, 0.2) is 29.2 Å². The Bertz CT molecular complexity index is 817. The van der Waals surface area contributed by atoms with E-state index in [0.717, 1.165) is 10.5 Å². The van der Waals surface area contributed by atoms with Crippen LogP contribution in [0.4, 0.5) is 31.1 Å². The molecule has 1 amide bonds. The average Bonchev–Trinajstić information content (AvgIpc) is 2.63. The van der Waals surface area contributed by atoms with Crippen LogP contribution in [0.3, 0.4) is 0 Å². The highest BCUT2D eigenvalue weighted by molar-refractivity contribution is 7.89. The Kier molecular flexibility index (Phi) is 7.28. The van der Waals surface area contributed by atoms with E-state index in [1.807, 2.05) is 0 Å². The minimum Gasteiger partial charge on any atom is -0.426 e. The Balaban J connectivity index is 1.87. The van der Waals surface area contributed by atoms with Gasteiger partial charge in [-0.05, 0) is 37.8 Å². The molecule has 1 fully saturated rings. The van der Waals surface area contributed by atoms with Crippen LogP contribution in [0, 0.1) is 12.8 Å². The zero-order valence-electron chi connectivity index (χ0n) is 15.8. The van der Waals surface area contributed by atoms with Crippen LogP contribution in [0.5, 0.6) is 0 Å². The number of aryl methyl sites for hydroxylation is 1. The van der Waals surface area contributed by atoms with E-state index in [0.29, 0.717) is 0 Å². The second-order valence-corrected chi connectivity index (χ2v) is 8.71. The smallest absolute Gasteiger partial charge is 0.426 e. The summed E-state index contributed by atoms with van der Waals surface area (Å²) >= 11 is 0. The van der Waals surface area contributed by atoms with Crippen molar-refractivity contribution in [1.29, 1.82) is 0 Å². The van der Waals surface area contributed by atoms with Crippen LogP contribution in [0.25, 0.3) is 0 Å². The number of likely N-dealkylation sites (tertiary alicyclic amines) is 1. The van der Waals surface area contributed by atoms with Crippen LogP contribution >= 0.6 is 0 Å². The van der Waals surface area contributed by atoms with Gasteiger partial charge in [-0.1, -0.05) is 17.7 Å². The molecular formula is C17H20F6N2O4S. The Labute approximate surface area is 169 Å². The first-order valence-electron chi connectivity index (χ1n) is 8.85. The monoisotopic (exact) mass is 462 g/mol. The number of amides is 1. The maximum absolute atomic E-state index is 12.5. The standard InChI is InChI=1S/C17H20F6N2O4S/c1-11-2-4-13(5-3-11)30(27,28)24-10-12-6-8-25(9-7-12)15(26)29-14(16(18,19)20)17(21,22)23/h2-5,12,14,24H,6-10H2,1H3. The van der Waals surface area contributed by atoms with E-state index in [2.05, 4.69) is 9.46 Å². The molecule has 0 saturated carbocycles. The quantitative estimate of drug-likeness (QED) is 0.679. The van der Waals surface area contributed by atoms with Gasteiger partial charge in [-0.2, -0.15) is 26.3 Å². The predicted octanol–water partition coefficient (Wildman–Crippen LogP) is 3.62. The van der Waals surface area contributed by atoms with Gasteiger partial charge in [0.05, 0.1) is 4.90 Å². The van der Waals surface area contributed by atoms with Gasteiger partial charge in [0.25, 0.3) is 6.10 Å². The van der Waals surface area contributed by atoms with Gasteiger partial charge in [0.1, 0.15) is 0 Å². The molecule has 30 heavy (non-hydrogen) atoms. The summed E-state index contributed by atoms with van der Waals surface area (Å²) in [5.74, 6) is -0.240. The van der Waals surface area contributed by atoms with Crippen LogP contribution in [-0.2, 0) is 14.8 Å². The van der Waals surface area contributed by atoms with Crippen molar-refractivity contribution in [3.05, 3.63) is 29.8 Å². The molecule has 1 aliphatic rings. The number of sulfonamides is 1. The molecule has 6 nitrogen and oxygen atoms in total. The summed E-state index contributed by atoms with van der Waals surface area (Å²) < 4.78 is 106. The van der Waals surface area contributed by atoms with Crippen LogP contribution in [0.1, 0.15) is 18.4 Å². The summed E-state index contributed by atoms with van der Waals surface area (Å²) in [5.41, 5.74) is 0.881. The number of halogens is 6. The number of hydrogen-bond donors (Lipinski definition) is 1. The topological polar surface area (TPSA) is 75.7 Å². The van der Waals surface area contributed by atoms with E-state index in [-0.39, 0.29) is 43.3 Å². The van der Waals surface area contributed by atoms with E-state index in [1.54, 1.807) is 19.1 Å². The van der Waals surface area contributed by atoms with Crippen molar-refractivity contribution in [1.82, 2.24) is 9.62 Å². The number of nitrogens with one attached hydrogen (secondary N) is 1. The van der Waals surface area contributed by atoms with E-state index in [1.165, 1.54) is 12.1 Å². The molecule has 0 aliphatic carbocycles. The first-order valence-corrected chi connectivity index (χ1v) is 10.3. The lowest BCUT2D eigenvalue weighted by atomic mass is 9.97. The van der Waals surface area contributed by atoms with Gasteiger partial charge in [0.15, 0.2) is 0 Å². The molecule has 1 saturated heterocycles. The van der Waals surface area contributed by atoms with Gasteiger partial charge in [0.2, 0.25) is 10.0 Å². The summed E-state index contributed by atoms with van der Waals surface area (Å²) in [6.07, 6.45) is -17.1. The lowest BCUT2D eigenvalue weighted by Crippen LogP contribution is -2.49. The minimum absolute atomic E-state index is 0.0207. The molecule has 1 N–H and O–H groups in total. The Morgan fingerprint density at radius 3 is 2.07 bits per heavy atom. The highest BCUT2D eigenvalue weighted by Crippen LogP contribution is 2.36.